The van der Waals surface area contributed by atoms with Crippen molar-refractivity contribution in [1.82, 2.24) is 0 Å². The second-order valence-electron chi connectivity index (χ2n) is 4.01. The van der Waals surface area contributed by atoms with Crippen molar-refractivity contribution in [3.05, 3.63) is 9.66 Å². The summed E-state index contributed by atoms with van der Waals surface area (Å²) in [6, 6.07) is 0. The highest BCUT2D eigenvalue weighted by atomic mass is 127. The molecular weight excluding hydrogens is 319 g/mol. The van der Waals surface area contributed by atoms with E-state index >= 15 is 0 Å². The summed E-state index contributed by atoms with van der Waals surface area (Å²) in [6.07, 6.45) is 5.61. The Labute approximate surface area is 111 Å². The van der Waals surface area contributed by atoms with Crippen LogP contribution in [0.1, 0.15) is 39.5 Å². The van der Waals surface area contributed by atoms with Gasteiger partial charge in [-0.15, -0.1) is 0 Å². The first kappa shape index (κ1) is 14.1. The van der Waals surface area contributed by atoms with Gasteiger partial charge in [0.1, 0.15) is 0 Å². The maximum atomic E-state index is 10.9. The molecule has 92 valence electrons. The highest BCUT2D eigenvalue weighted by Crippen LogP contribution is 2.22. The molecule has 0 aromatic rings. The van der Waals surface area contributed by atoms with Gasteiger partial charge in [0, 0.05) is 19.4 Å². The highest BCUT2D eigenvalue weighted by Gasteiger charge is 2.20. The number of carbonyl (C=O) groups excluding carboxylic acids is 1. The first-order valence-corrected chi connectivity index (χ1v) is 6.83. The molecule has 0 N–H and O–H groups in total. The second kappa shape index (κ2) is 7.40. The Balaban J connectivity index is 2.38. The van der Waals surface area contributed by atoms with Crippen LogP contribution < -0.4 is 0 Å². The zero-order chi connectivity index (χ0) is 12.0. The molecule has 0 radical (unpaired) electrons. The molecule has 1 rings (SSSR count). The van der Waals surface area contributed by atoms with Crippen LogP contribution in [0.2, 0.25) is 0 Å². The van der Waals surface area contributed by atoms with Gasteiger partial charge in [0.05, 0.1) is 6.10 Å². The molecule has 1 fully saturated rings. The van der Waals surface area contributed by atoms with E-state index in [-0.39, 0.29) is 18.2 Å². The summed E-state index contributed by atoms with van der Waals surface area (Å²) >= 11 is 2.20. The standard InChI is InChI=1S/C12H19IO3/c1-3-11(8-10(13)7-9(2)14)16-12-5-4-6-15-12/h7,11-12H,3-6,8H2,1-2H3/b10-7-. The molecule has 2 atom stereocenters. The van der Waals surface area contributed by atoms with E-state index in [2.05, 4.69) is 29.5 Å². The van der Waals surface area contributed by atoms with E-state index in [9.17, 15) is 4.79 Å². The van der Waals surface area contributed by atoms with Crippen molar-refractivity contribution in [2.75, 3.05) is 6.61 Å². The van der Waals surface area contributed by atoms with E-state index in [1.54, 1.807) is 13.0 Å². The Morgan fingerprint density at radius 2 is 2.44 bits per heavy atom. The van der Waals surface area contributed by atoms with Crippen molar-refractivity contribution >= 4 is 28.4 Å². The molecule has 1 aliphatic rings. The van der Waals surface area contributed by atoms with Crippen LogP contribution in [-0.4, -0.2) is 24.8 Å². The Bertz CT molecular complexity index is 257. The molecule has 0 aromatic carbocycles. The Morgan fingerprint density at radius 1 is 1.69 bits per heavy atom. The molecule has 0 bridgehead atoms. The fourth-order valence-electron chi connectivity index (χ4n) is 1.66. The van der Waals surface area contributed by atoms with Gasteiger partial charge >= 0.3 is 0 Å². The molecule has 2 unspecified atom stereocenters. The van der Waals surface area contributed by atoms with Gasteiger partial charge in [0.2, 0.25) is 0 Å². The maximum absolute atomic E-state index is 10.9. The topological polar surface area (TPSA) is 35.5 Å². The minimum atomic E-state index is -0.0357. The highest BCUT2D eigenvalue weighted by molar-refractivity contribution is 14.1. The first-order valence-electron chi connectivity index (χ1n) is 5.75. The van der Waals surface area contributed by atoms with Gasteiger partial charge in [-0.2, -0.15) is 0 Å². The monoisotopic (exact) mass is 338 g/mol. The smallest absolute Gasteiger partial charge is 0.158 e. The number of hydrogen-bond acceptors (Lipinski definition) is 3. The first-order chi connectivity index (χ1) is 7.61. The average molecular weight is 338 g/mol. The summed E-state index contributed by atoms with van der Waals surface area (Å²) in [4.78, 5) is 10.9. The lowest BCUT2D eigenvalue weighted by Gasteiger charge is -2.20. The van der Waals surface area contributed by atoms with Crippen LogP contribution in [0.5, 0.6) is 0 Å². The van der Waals surface area contributed by atoms with Gasteiger partial charge in [-0.05, 0) is 52.0 Å². The fourth-order valence-corrected chi connectivity index (χ4v) is 2.59. The number of rotatable bonds is 6. The van der Waals surface area contributed by atoms with E-state index in [0.717, 1.165) is 35.9 Å². The molecule has 1 heterocycles. The molecule has 1 saturated heterocycles. The van der Waals surface area contributed by atoms with Crippen molar-refractivity contribution in [3.8, 4) is 0 Å². The van der Waals surface area contributed by atoms with Crippen molar-refractivity contribution in [3.63, 3.8) is 0 Å². The van der Waals surface area contributed by atoms with Gasteiger partial charge < -0.3 is 9.47 Å². The summed E-state index contributed by atoms with van der Waals surface area (Å²) in [5, 5.41) is 0. The van der Waals surface area contributed by atoms with Crippen molar-refractivity contribution in [1.29, 1.82) is 0 Å². The molecule has 0 aliphatic carbocycles. The normalized spacial score (nSPS) is 23.4. The number of ether oxygens (including phenoxy) is 2. The van der Waals surface area contributed by atoms with Crippen LogP contribution in [0.3, 0.4) is 0 Å². The lowest BCUT2D eigenvalue weighted by atomic mass is 10.2. The predicted molar refractivity (Wildman–Crippen MR) is 71.5 cm³/mol. The van der Waals surface area contributed by atoms with Gasteiger partial charge in [-0.1, -0.05) is 6.92 Å². The number of halogens is 1. The largest absolute Gasteiger partial charge is 0.353 e. The van der Waals surface area contributed by atoms with Crippen molar-refractivity contribution in [2.24, 2.45) is 0 Å². The summed E-state index contributed by atoms with van der Waals surface area (Å²) in [5.41, 5.74) is 0. The molecule has 16 heavy (non-hydrogen) atoms. The van der Waals surface area contributed by atoms with Gasteiger partial charge in [-0.25, -0.2) is 0 Å². The average Bonchev–Trinajstić information content (AvgIpc) is 2.68. The third-order valence-corrected chi connectivity index (χ3v) is 3.22. The Hall–Kier alpha value is 0.0600. The molecule has 3 nitrogen and oxygen atoms in total. The Morgan fingerprint density at radius 3 is 2.94 bits per heavy atom. The van der Waals surface area contributed by atoms with Crippen LogP contribution >= 0.6 is 22.6 Å². The lowest BCUT2D eigenvalue weighted by Crippen LogP contribution is -2.21. The van der Waals surface area contributed by atoms with Crippen molar-refractivity contribution in [2.45, 2.75) is 51.9 Å². The van der Waals surface area contributed by atoms with Crippen LogP contribution in [0.4, 0.5) is 0 Å². The molecule has 0 spiro atoms. The predicted octanol–water partition coefficient (Wildman–Crippen LogP) is 3.22. The third kappa shape index (κ3) is 5.41. The molecule has 0 saturated carbocycles. The molecular formula is C12H19IO3. The van der Waals surface area contributed by atoms with Crippen LogP contribution in [0.15, 0.2) is 9.66 Å². The van der Waals surface area contributed by atoms with Crippen LogP contribution in [0.25, 0.3) is 0 Å². The minimum Gasteiger partial charge on any atom is -0.353 e. The van der Waals surface area contributed by atoms with E-state index in [1.807, 2.05) is 0 Å². The van der Waals surface area contributed by atoms with Crippen LogP contribution in [0, 0.1) is 0 Å². The second-order valence-corrected chi connectivity index (χ2v) is 5.40. The number of carbonyl (C=O) groups is 1. The fraction of sp³-hybridized carbons (Fsp3) is 0.750. The zero-order valence-electron chi connectivity index (χ0n) is 9.87. The summed E-state index contributed by atoms with van der Waals surface area (Å²) < 4.78 is 12.3. The number of allylic oxidation sites excluding steroid dienone is 1. The van der Waals surface area contributed by atoms with Gasteiger partial charge in [0.25, 0.3) is 0 Å². The summed E-state index contributed by atoms with van der Waals surface area (Å²) in [6.45, 7) is 4.47. The minimum absolute atomic E-state index is 0.0357. The van der Waals surface area contributed by atoms with Crippen molar-refractivity contribution < 1.29 is 14.3 Å². The van der Waals surface area contributed by atoms with E-state index in [0.29, 0.717) is 0 Å². The quantitative estimate of drug-likeness (QED) is 0.551. The van der Waals surface area contributed by atoms with E-state index < -0.39 is 0 Å². The number of hydrogen-bond donors (Lipinski definition) is 0. The zero-order valence-corrected chi connectivity index (χ0v) is 12.0. The van der Waals surface area contributed by atoms with E-state index in [1.165, 1.54) is 0 Å². The van der Waals surface area contributed by atoms with Gasteiger partial charge in [0.15, 0.2) is 12.1 Å². The summed E-state index contributed by atoms with van der Waals surface area (Å²) in [5.74, 6) is 0.0939. The van der Waals surface area contributed by atoms with E-state index in [4.69, 9.17) is 9.47 Å². The van der Waals surface area contributed by atoms with Crippen LogP contribution in [-0.2, 0) is 14.3 Å². The SMILES string of the molecule is CCC(C/C(I)=C/C(C)=O)OC1CCCO1. The molecule has 0 amide bonds. The lowest BCUT2D eigenvalue weighted by molar-refractivity contribution is -0.143. The van der Waals surface area contributed by atoms with Gasteiger partial charge in [-0.3, -0.25) is 4.79 Å². The molecule has 0 aromatic heterocycles. The summed E-state index contributed by atoms with van der Waals surface area (Å²) in [7, 11) is 0. The Kier molecular flexibility index (Phi) is 6.53. The molecule has 4 heteroatoms. The number of ketones is 1. The maximum Gasteiger partial charge on any atom is 0.158 e. The third-order valence-electron chi connectivity index (χ3n) is 2.47. The molecule has 1 aliphatic heterocycles.